The molecule has 2 heterocycles. The number of hydrazine groups is 2. The van der Waals surface area contributed by atoms with Crippen LogP contribution < -0.4 is 10.9 Å². The molecule has 0 bridgehead atoms. The zero-order chi connectivity index (χ0) is 19.9. The third-order valence-corrected chi connectivity index (χ3v) is 4.73. The van der Waals surface area contributed by atoms with E-state index in [-0.39, 0.29) is 24.9 Å². The maximum Gasteiger partial charge on any atom is 0.262 e. The number of nitrogens with zero attached hydrogens (tertiary/aromatic N) is 4. The zero-order valence-electron chi connectivity index (χ0n) is 16.6. The molecular formula is C20H28N6O2. The third-order valence-electron chi connectivity index (χ3n) is 4.73. The number of hydrogen-bond acceptors (Lipinski definition) is 6. The van der Waals surface area contributed by atoms with Crippen molar-refractivity contribution in [2.45, 2.75) is 39.5 Å². The largest absolute Gasteiger partial charge is 0.279 e. The maximum absolute atomic E-state index is 12.0. The van der Waals surface area contributed by atoms with Crippen LogP contribution in [0.25, 0.3) is 0 Å². The fourth-order valence-corrected chi connectivity index (χ4v) is 3.01. The van der Waals surface area contributed by atoms with Gasteiger partial charge in [0.05, 0.1) is 0 Å². The molecule has 2 amide bonds. The van der Waals surface area contributed by atoms with Crippen molar-refractivity contribution in [3.63, 3.8) is 0 Å². The van der Waals surface area contributed by atoms with Gasteiger partial charge in [-0.25, -0.2) is 0 Å². The van der Waals surface area contributed by atoms with E-state index in [0.717, 1.165) is 36.8 Å². The van der Waals surface area contributed by atoms with Crippen LogP contribution in [0.3, 0.4) is 0 Å². The number of unbranched alkanes of at least 4 members (excludes halogenated alkanes) is 2. The van der Waals surface area contributed by atoms with Gasteiger partial charge in [-0.3, -0.25) is 40.4 Å². The highest BCUT2D eigenvalue weighted by Gasteiger charge is 2.22. The van der Waals surface area contributed by atoms with E-state index in [1.807, 2.05) is 24.3 Å². The van der Waals surface area contributed by atoms with Crippen molar-refractivity contribution < 1.29 is 9.59 Å². The van der Waals surface area contributed by atoms with Gasteiger partial charge in [0, 0.05) is 24.2 Å². The van der Waals surface area contributed by atoms with Gasteiger partial charge in [-0.1, -0.05) is 51.0 Å². The minimum Gasteiger partial charge on any atom is -0.279 e. The Hall–Kier alpha value is -2.90. The number of nitrogens with one attached hydrogen (secondary N) is 2. The summed E-state index contributed by atoms with van der Waals surface area (Å²) in [6.45, 7) is 5.87. The van der Waals surface area contributed by atoms with E-state index in [2.05, 4.69) is 34.7 Å². The summed E-state index contributed by atoms with van der Waals surface area (Å²) >= 11 is 0. The number of benzene rings is 1. The van der Waals surface area contributed by atoms with Gasteiger partial charge in [0.15, 0.2) is 0 Å². The Morgan fingerprint density at radius 2 is 1.18 bits per heavy atom. The second kappa shape index (κ2) is 9.34. The van der Waals surface area contributed by atoms with E-state index in [4.69, 9.17) is 0 Å². The van der Waals surface area contributed by atoms with Crippen LogP contribution in [-0.4, -0.2) is 59.7 Å². The minimum atomic E-state index is -0.00795. The summed E-state index contributed by atoms with van der Waals surface area (Å²) in [5, 5.41) is 3.29. The number of carbonyl (C=O) groups is 2. The molecule has 1 aromatic carbocycles. The van der Waals surface area contributed by atoms with Crippen LogP contribution in [0.1, 0.15) is 50.7 Å². The first-order valence-electron chi connectivity index (χ1n) is 9.96. The molecule has 150 valence electrons. The first kappa shape index (κ1) is 19.9. The topological polar surface area (TPSA) is 89.4 Å². The Bertz CT molecular complexity index is 706. The predicted molar refractivity (Wildman–Crippen MR) is 109 cm³/mol. The molecule has 28 heavy (non-hydrogen) atoms. The van der Waals surface area contributed by atoms with Crippen molar-refractivity contribution in [2.24, 2.45) is 9.98 Å². The molecule has 0 saturated carbocycles. The average molecular weight is 384 g/mol. The van der Waals surface area contributed by atoms with Gasteiger partial charge in [0.1, 0.15) is 24.8 Å². The lowest BCUT2D eigenvalue weighted by molar-refractivity contribution is -0.133. The number of amidine groups is 2. The first-order chi connectivity index (χ1) is 13.6. The lowest BCUT2D eigenvalue weighted by Gasteiger charge is -2.29. The standard InChI is InChI=1S/C20H28N6O2/c1-3-5-11-25-17(27)13-21-19(23-25)15-7-9-16(10-8-15)20-22-14-18(28)26(24-20)12-6-4-2/h7-10H,3-6,11-14H2,1-2H3,(H,21,23)(H,22,24). The Labute approximate surface area is 165 Å². The van der Waals surface area contributed by atoms with Crippen LogP contribution >= 0.6 is 0 Å². The fraction of sp³-hybridized carbons (Fsp3) is 0.500. The molecule has 0 radical (unpaired) electrons. The summed E-state index contributed by atoms with van der Waals surface area (Å²) in [5.41, 5.74) is 8.07. The molecule has 0 aliphatic carbocycles. The van der Waals surface area contributed by atoms with Crippen molar-refractivity contribution in [3.8, 4) is 0 Å². The summed E-state index contributed by atoms with van der Waals surface area (Å²) in [7, 11) is 0. The lowest BCUT2D eigenvalue weighted by atomic mass is 10.1. The molecule has 0 spiro atoms. The van der Waals surface area contributed by atoms with Gasteiger partial charge >= 0.3 is 0 Å². The number of rotatable bonds is 8. The SMILES string of the molecule is CCCCN1NC(c2ccc(C3=NCC(=O)N(CCCC)N3)cc2)=NCC1=O. The third kappa shape index (κ3) is 4.68. The highest BCUT2D eigenvalue weighted by Crippen LogP contribution is 2.11. The molecule has 3 rings (SSSR count). The molecule has 8 nitrogen and oxygen atoms in total. The molecule has 2 aliphatic heterocycles. The number of carbonyl (C=O) groups excluding carboxylic acids is 2. The number of aliphatic imine (C=N–C) groups is 2. The molecule has 0 atom stereocenters. The van der Waals surface area contributed by atoms with Crippen molar-refractivity contribution in [1.82, 2.24) is 20.9 Å². The molecular weight excluding hydrogens is 356 g/mol. The summed E-state index contributed by atoms with van der Waals surface area (Å²) in [4.78, 5) is 32.6. The van der Waals surface area contributed by atoms with Crippen LogP contribution in [-0.2, 0) is 9.59 Å². The number of amides is 2. The molecule has 0 saturated heterocycles. The summed E-state index contributed by atoms with van der Waals surface area (Å²) in [6, 6.07) is 7.80. The monoisotopic (exact) mass is 384 g/mol. The maximum atomic E-state index is 12.0. The van der Waals surface area contributed by atoms with Gasteiger partial charge in [-0.2, -0.15) is 0 Å². The van der Waals surface area contributed by atoms with Gasteiger partial charge < -0.3 is 0 Å². The Morgan fingerprint density at radius 3 is 1.54 bits per heavy atom. The van der Waals surface area contributed by atoms with Crippen LogP contribution in [0, 0.1) is 0 Å². The van der Waals surface area contributed by atoms with Gasteiger partial charge in [-0.15, -0.1) is 0 Å². The van der Waals surface area contributed by atoms with Crippen LogP contribution in [0.15, 0.2) is 34.3 Å². The first-order valence-corrected chi connectivity index (χ1v) is 9.96. The van der Waals surface area contributed by atoms with Crippen molar-refractivity contribution in [3.05, 3.63) is 35.4 Å². The zero-order valence-corrected chi connectivity index (χ0v) is 16.6. The number of hydrogen-bond donors (Lipinski definition) is 2. The summed E-state index contributed by atoms with van der Waals surface area (Å²) < 4.78 is 0. The molecule has 0 aromatic heterocycles. The second-order valence-electron chi connectivity index (χ2n) is 6.93. The Balaban J connectivity index is 1.68. The molecule has 0 fully saturated rings. The smallest absolute Gasteiger partial charge is 0.262 e. The highest BCUT2D eigenvalue weighted by atomic mass is 16.2. The molecule has 2 N–H and O–H groups in total. The quantitative estimate of drug-likeness (QED) is 0.710. The normalized spacial score (nSPS) is 17.1. The fourth-order valence-electron chi connectivity index (χ4n) is 3.01. The van der Waals surface area contributed by atoms with Crippen molar-refractivity contribution in [1.29, 1.82) is 0 Å². The van der Waals surface area contributed by atoms with Gasteiger partial charge in [0.25, 0.3) is 11.8 Å². The van der Waals surface area contributed by atoms with E-state index < -0.39 is 0 Å². The van der Waals surface area contributed by atoms with E-state index >= 15 is 0 Å². The second-order valence-corrected chi connectivity index (χ2v) is 6.93. The summed E-state index contributed by atoms with van der Waals surface area (Å²) in [6.07, 6.45) is 3.95. The Kier molecular flexibility index (Phi) is 6.62. The molecule has 0 unspecified atom stereocenters. The van der Waals surface area contributed by atoms with E-state index in [1.165, 1.54) is 0 Å². The van der Waals surface area contributed by atoms with Gasteiger partial charge in [-0.05, 0) is 12.8 Å². The molecule has 1 aromatic rings. The van der Waals surface area contributed by atoms with E-state index in [0.29, 0.717) is 24.8 Å². The van der Waals surface area contributed by atoms with Crippen LogP contribution in [0.4, 0.5) is 0 Å². The van der Waals surface area contributed by atoms with E-state index in [1.54, 1.807) is 10.0 Å². The highest BCUT2D eigenvalue weighted by molar-refractivity contribution is 6.05. The minimum absolute atomic E-state index is 0.00795. The van der Waals surface area contributed by atoms with E-state index in [9.17, 15) is 9.59 Å². The van der Waals surface area contributed by atoms with Crippen LogP contribution in [0.2, 0.25) is 0 Å². The predicted octanol–water partition coefficient (Wildman–Crippen LogP) is 1.47. The Morgan fingerprint density at radius 1 is 0.786 bits per heavy atom. The summed E-state index contributed by atoms with van der Waals surface area (Å²) in [5.74, 6) is 1.37. The average Bonchev–Trinajstić information content (AvgIpc) is 2.73. The molecule has 8 heteroatoms. The lowest BCUT2D eigenvalue weighted by Crippen LogP contribution is -2.51. The van der Waals surface area contributed by atoms with Crippen LogP contribution in [0.5, 0.6) is 0 Å². The molecule has 2 aliphatic rings. The van der Waals surface area contributed by atoms with Crippen molar-refractivity contribution >= 4 is 23.5 Å². The van der Waals surface area contributed by atoms with Crippen molar-refractivity contribution in [2.75, 3.05) is 26.2 Å². The van der Waals surface area contributed by atoms with Gasteiger partial charge in [0.2, 0.25) is 0 Å².